The van der Waals surface area contributed by atoms with Gasteiger partial charge in [0.25, 0.3) is 10.0 Å². The average Bonchev–Trinajstić information content (AvgIpc) is 3.09. The van der Waals surface area contributed by atoms with Crippen LogP contribution in [0.3, 0.4) is 0 Å². The van der Waals surface area contributed by atoms with Gasteiger partial charge in [0.15, 0.2) is 5.13 Å². The van der Waals surface area contributed by atoms with Crippen LogP contribution in [0.5, 0.6) is 0 Å². The van der Waals surface area contributed by atoms with Gasteiger partial charge in [-0.15, -0.1) is 11.3 Å². The van der Waals surface area contributed by atoms with Gasteiger partial charge in [-0.05, 0) is 29.8 Å². The molecule has 0 bridgehead atoms. The molecule has 11 heteroatoms. The number of benzene rings is 2. The van der Waals surface area contributed by atoms with Crippen molar-refractivity contribution in [3.63, 3.8) is 0 Å². The van der Waals surface area contributed by atoms with E-state index in [0.717, 1.165) is 23.5 Å². The zero-order chi connectivity index (χ0) is 19.6. The van der Waals surface area contributed by atoms with Gasteiger partial charge in [0, 0.05) is 16.6 Å². The lowest BCUT2D eigenvalue weighted by atomic mass is 10.1. The summed E-state index contributed by atoms with van der Waals surface area (Å²) < 4.78 is 41.4. The lowest BCUT2D eigenvalue weighted by Gasteiger charge is -2.18. The summed E-state index contributed by atoms with van der Waals surface area (Å²) in [6.07, 6.45) is 0.701. The predicted molar refractivity (Wildman–Crippen MR) is 106 cm³/mol. The summed E-state index contributed by atoms with van der Waals surface area (Å²) in [5.74, 6) is -0.982. The maximum Gasteiger partial charge on any atom is 0.266 e. The van der Waals surface area contributed by atoms with E-state index in [1.165, 1.54) is 6.20 Å². The summed E-state index contributed by atoms with van der Waals surface area (Å²) in [7, 11) is -4.18. The molecule has 3 aromatic rings. The lowest BCUT2D eigenvalue weighted by Crippen LogP contribution is -2.21. The Kier molecular flexibility index (Phi) is 5.87. The molecule has 142 valence electrons. The summed E-state index contributed by atoms with van der Waals surface area (Å²) in [6, 6.07) is 8.80. The Hall–Kier alpha value is -1.91. The Morgan fingerprint density at radius 3 is 2.67 bits per heavy atom. The van der Waals surface area contributed by atoms with Gasteiger partial charge >= 0.3 is 0 Å². The topological polar surface area (TPSA) is 97.1 Å². The van der Waals surface area contributed by atoms with E-state index in [1.807, 2.05) is 0 Å². The van der Waals surface area contributed by atoms with E-state index >= 15 is 0 Å². The largest absolute Gasteiger partial charge is 0.365 e. The van der Waals surface area contributed by atoms with Crippen LogP contribution in [0.25, 0.3) is 0 Å². The van der Waals surface area contributed by atoms with Crippen molar-refractivity contribution < 1.29 is 12.8 Å². The van der Waals surface area contributed by atoms with Crippen LogP contribution in [0.15, 0.2) is 52.9 Å². The van der Waals surface area contributed by atoms with Gasteiger partial charge in [-0.1, -0.05) is 35.3 Å². The third kappa shape index (κ3) is 4.69. The Balaban J connectivity index is 1.86. The first-order chi connectivity index (χ1) is 12.8. The standard InChI is InChI=1S/C16H13Cl2FN4O2S2/c17-10-3-1-2-9(6-10)15(20)22-13-8-12(19)14(7-11(13)18)27(24,25)23-16-21-4-5-26-16/h1-8,15,22H,20H2,(H,21,23)/t15-/m1/s1. The fourth-order valence-corrected chi connectivity index (χ4v) is 4.60. The second-order valence-corrected chi connectivity index (χ2v) is 8.77. The molecule has 0 fully saturated rings. The van der Waals surface area contributed by atoms with Crippen LogP contribution in [-0.4, -0.2) is 13.4 Å². The number of sulfonamides is 1. The van der Waals surface area contributed by atoms with E-state index in [1.54, 1.807) is 29.6 Å². The second-order valence-electron chi connectivity index (χ2n) is 5.38. The molecular formula is C16H13Cl2FN4O2S2. The quantitative estimate of drug-likeness (QED) is 0.485. The number of thiazole rings is 1. The van der Waals surface area contributed by atoms with E-state index in [0.29, 0.717) is 10.6 Å². The second kappa shape index (κ2) is 7.99. The molecule has 1 aromatic heterocycles. The van der Waals surface area contributed by atoms with Crippen LogP contribution in [0, 0.1) is 5.82 Å². The van der Waals surface area contributed by atoms with E-state index < -0.39 is 26.9 Å². The summed E-state index contributed by atoms with van der Waals surface area (Å²) in [4.78, 5) is 3.22. The Labute approximate surface area is 169 Å². The predicted octanol–water partition coefficient (Wildman–Crippen LogP) is 4.46. The number of hydrogen-bond donors (Lipinski definition) is 3. The number of nitrogens with zero attached hydrogens (tertiary/aromatic N) is 1. The monoisotopic (exact) mass is 446 g/mol. The molecule has 0 saturated heterocycles. The molecule has 27 heavy (non-hydrogen) atoms. The summed E-state index contributed by atoms with van der Waals surface area (Å²) in [6.45, 7) is 0. The van der Waals surface area contributed by atoms with Crippen LogP contribution >= 0.6 is 34.5 Å². The minimum atomic E-state index is -4.18. The number of rotatable bonds is 6. The van der Waals surface area contributed by atoms with Crippen molar-refractivity contribution >= 4 is 55.4 Å². The van der Waals surface area contributed by atoms with E-state index in [4.69, 9.17) is 28.9 Å². The van der Waals surface area contributed by atoms with Crippen molar-refractivity contribution in [3.8, 4) is 0 Å². The molecule has 0 radical (unpaired) electrons. The molecule has 4 N–H and O–H groups in total. The smallest absolute Gasteiger partial charge is 0.266 e. The number of nitrogens with two attached hydrogens (primary N) is 1. The van der Waals surface area contributed by atoms with E-state index in [9.17, 15) is 12.8 Å². The van der Waals surface area contributed by atoms with E-state index in [-0.39, 0.29) is 15.8 Å². The highest BCUT2D eigenvalue weighted by atomic mass is 35.5. The molecule has 0 unspecified atom stereocenters. The molecule has 1 atom stereocenters. The third-order valence-corrected chi connectivity index (χ3v) is 6.20. The highest BCUT2D eigenvalue weighted by molar-refractivity contribution is 7.93. The molecule has 0 saturated carbocycles. The maximum atomic E-state index is 14.5. The lowest BCUT2D eigenvalue weighted by molar-refractivity contribution is 0.570. The van der Waals surface area contributed by atoms with Gasteiger partial charge in [0.1, 0.15) is 16.9 Å². The first-order valence-electron chi connectivity index (χ1n) is 7.45. The first-order valence-corrected chi connectivity index (χ1v) is 10.6. The molecule has 0 amide bonds. The molecular weight excluding hydrogens is 434 g/mol. The summed E-state index contributed by atoms with van der Waals surface area (Å²) >= 11 is 13.1. The van der Waals surface area contributed by atoms with Gasteiger partial charge in [-0.25, -0.2) is 17.8 Å². The number of hydrogen-bond acceptors (Lipinski definition) is 6. The Bertz CT molecular complexity index is 1060. The Morgan fingerprint density at radius 1 is 1.22 bits per heavy atom. The fraction of sp³-hybridized carbons (Fsp3) is 0.0625. The van der Waals surface area contributed by atoms with Crippen molar-refractivity contribution in [3.05, 3.63) is 69.4 Å². The van der Waals surface area contributed by atoms with Crippen molar-refractivity contribution in [1.29, 1.82) is 0 Å². The van der Waals surface area contributed by atoms with Gasteiger partial charge in [0.05, 0.1) is 10.7 Å². The van der Waals surface area contributed by atoms with Crippen LogP contribution in [0.1, 0.15) is 11.7 Å². The highest BCUT2D eigenvalue weighted by Crippen LogP contribution is 2.31. The van der Waals surface area contributed by atoms with Crippen molar-refractivity contribution in [2.75, 3.05) is 10.0 Å². The third-order valence-electron chi connectivity index (χ3n) is 3.48. The summed E-state index contributed by atoms with van der Waals surface area (Å²) in [5.41, 5.74) is 6.84. The summed E-state index contributed by atoms with van der Waals surface area (Å²) in [5, 5.41) is 5.04. The number of nitrogens with one attached hydrogen (secondary N) is 2. The van der Waals surface area contributed by atoms with Crippen LogP contribution < -0.4 is 15.8 Å². The number of aromatic nitrogens is 1. The molecule has 2 aromatic carbocycles. The number of halogens is 3. The minimum absolute atomic E-state index is 0.00612. The first kappa shape index (κ1) is 19.8. The van der Waals surface area contributed by atoms with Crippen molar-refractivity contribution in [1.82, 2.24) is 4.98 Å². The molecule has 0 spiro atoms. The molecule has 1 heterocycles. The molecule has 0 aliphatic rings. The van der Waals surface area contributed by atoms with Crippen molar-refractivity contribution in [2.45, 2.75) is 11.1 Å². The normalized spacial score (nSPS) is 12.6. The molecule has 0 aliphatic heterocycles. The van der Waals surface area contributed by atoms with Crippen molar-refractivity contribution in [2.24, 2.45) is 5.73 Å². The molecule has 6 nitrogen and oxygen atoms in total. The average molecular weight is 447 g/mol. The Morgan fingerprint density at radius 2 is 2.00 bits per heavy atom. The number of anilines is 2. The molecule has 3 rings (SSSR count). The molecule has 0 aliphatic carbocycles. The maximum absolute atomic E-state index is 14.5. The van der Waals surface area contributed by atoms with Crippen LogP contribution in [0.2, 0.25) is 10.0 Å². The SMILES string of the molecule is N[C@H](Nc1cc(F)c(S(=O)(=O)Nc2nccs2)cc1Cl)c1cccc(Cl)c1. The van der Waals surface area contributed by atoms with E-state index in [2.05, 4.69) is 15.0 Å². The van der Waals surface area contributed by atoms with Gasteiger partial charge in [0.2, 0.25) is 0 Å². The van der Waals surface area contributed by atoms with Gasteiger partial charge in [-0.2, -0.15) is 0 Å². The zero-order valence-corrected chi connectivity index (χ0v) is 16.6. The van der Waals surface area contributed by atoms with Gasteiger partial charge < -0.3 is 11.1 Å². The minimum Gasteiger partial charge on any atom is -0.365 e. The van der Waals surface area contributed by atoms with Crippen LogP contribution in [-0.2, 0) is 10.0 Å². The van der Waals surface area contributed by atoms with Gasteiger partial charge in [-0.3, -0.25) is 4.72 Å². The zero-order valence-electron chi connectivity index (χ0n) is 13.5. The fourth-order valence-electron chi connectivity index (χ4n) is 2.24. The van der Waals surface area contributed by atoms with Crippen LogP contribution in [0.4, 0.5) is 15.2 Å². The highest BCUT2D eigenvalue weighted by Gasteiger charge is 2.23.